The third kappa shape index (κ3) is 6.35. The second-order valence-corrected chi connectivity index (χ2v) is 10.5. The van der Waals surface area contributed by atoms with Gasteiger partial charge in [0, 0.05) is 0 Å². The summed E-state index contributed by atoms with van der Waals surface area (Å²) < 4.78 is 0. The number of nitriles is 1. The molecule has 0 N–H and O–H groups in total. The van der Waals surface area contributed by atoms with Crippen molar-refractivity contribution >= 4 is 0 Å². The van der Waals surface area contributed by atoms with Crippen molar-refractivity contribution in [3.8, 4) is 6.07 Å². The van der Waals surface area contributed by atoms with Crippen molar-refractivity contribution in [2.45, 2.75) is 128 Å². The van der Waals surface area contributed by atoms with Crippen molar-refractivity contribution in [3.63, 3.8) is 0 Å². The number of hydrogen-bond donors (Lipinski definition) is 0. The first-order valence-electron chi connectivity index (χ1n) is 13.2. The van der Waals surface area contributed by atoms with Crippen LogP contribution in [0, 0.1) is 22.7 Å². The highest BCUT2D eigenvalue weighted by molar-refractivity contribution is 5.29. The molecule has 0 amide bonds. The molecule has 1 aromatic carbocycles. The second-order valence-electron chi connectivity index (χ2n) is 10.5. The molecule has 0 saturated heterocycles. The lowest BCUT2D eigenvalue weighted by atomic mass is 9.67. The molecule has 2 aliphatic carbocycles. The minimum atomic E-state index is -0.0264. The summed E-state index contributed by atoms with van der Waals surface area (Å²) in [7, 11) is 0. The van der Waals surface area contributed by atoms with Crippen molar-refractivity contribution < 1.29 is 0 Å². The van der Waals surface area contributed by atoms with Crippen LogP contribution in [0.25, 0.3) is 0 Å². The Hall–Kier alpha value is -1.29. The van der Waals surface area contributed by atoms with Gasteiger partial charge in [0.1, 0.15) is 0 Å². The summed E-state index contributed by atoms with van der Waals surface area (Å²) in [5.41, 5.74) is 3.07. The molecular formula is C29H45N. The van der Waals surface area contributed by atoms with Gasteiger partial charge < -0.3 is 0 Å². The average molecular weight is 408 g/mol. The van der Waals surface area contributed by atoms with Crippen molar-refractivity contribution in [1.82, 2.24) is 0 Å². The first kappa shape index (κ1) is 23.4. The van der Waals surface area contributed by atoms with Crippen LogP contribution in [0.2, 0.25) is 0 Å². The lowest BCUT2D eigenvalue weighted by Crippen LogP contribution is -2.25. The third-order valence-electron chi connectivity index (χ3n) is 8.38. The van der Waals surface area contributed by atoms with E-state index in [1.807, 2.05) is 0 Å². The SMILES string of the molecule is CCCCC[C@H]1CC[C@H](c2ccc([C@H]3CC[C@@](C#N)(CCCCC)CC3)cc2)CC1. The van der Waals surface area contributed by atoms with E-state index in [4.69, 9.17) is 0 Å². The van der Waals surface area contributed by atoms with E-state index in [0.29, 0.717) is 5.92 Å². The maximum absolute atomic E-state index is 9.81. The van der Waals surface area contributed by atoms with Crippen molar-refractivity contribution in [3.05, 3.63) is 35.4 Å². The normalized spacial score (nSPS) is 29.4. The van der Waals surface area contributed by atoms with Crippen LogP contribution in [0.5, 0.6) is 0 Å². The zero-order valence-corrected chi connectivity index (χ0v) is 19.8. The number of nitrogens with zero attached hydrogens (tertiary/aromatic N) is 1. The summed E-state index contributed by atoms with van der Waals surface area (Å²) in [5, 5.41) is 9.81. The number of unbranched alkanes of at least 4 members (excludes halogenated alkanes) is 4. The van der Waals surface area contributed by atoms with Crippen molar-refractivity contribution in [2.75, 3.05) is 0 Å². The highest BCUT2D eigenvalue weighted by atomic mass is 14.4. The summed E-state index contributed by atoms with van der Waals surface area (Å²) in [6.45, 7) is 4.56. The monoisotopic (exact) mass is 407 g/mol. The zero-order valence-electron chi connectivity index (χ0n) is 19.8. The number of rotatable bonds is 10. The Morgan fingerprint density at radius 2 is 1.30 bits per heavy atom. The van der Waals surface area contributed by atoms with E-state index in [1.54, 1.807) is 5.56 Å². The summed E-state index contributed by atoms with van der Waals surface area (Å²) in [6, 6.07) is 12.4. The van der Waals surface area contributed by atoms with Gasteiger partial charge in [0.15, 0.2) is 0 Å². The minimum absolute atomic E-state index is 0.0264. The fourth-order valence-corrected chi connectivity index (χ4v) is 6.14. The molecule has 30 heavy (non-hydrogen) atoms. The highest BCUT2D eigenvalue weighted by Gasteiger charge is 2.35. The van der Waals surface area contributed by atoms with Gasteiger partial charge in [-0.3, -0.25) is 0 Å². The Labute approximate surface area is 186 Å². The predicted molar refractivity (Wildman–Crippen MR) is 129 cm³/mol. The van der Waals surface area contributed by atoms with Gasteiger partial charge in [-0.1, -0.05) is 83.1 Å². The molecule has 1 aromatic rings. The van der Waals surface area contributed by atoms with E-state index in [-0.39, 0.29) is 5.41 Å². The molecule has 0 aliphatic heterocycles. The van der Waals surface area contributed by atoms with Gasteiger partial charge in [-0.2, -0.15) is 5.26 Å². The molecule has 166 valence electrons. The molecule has 2 aliphatic rings. The second kappa shape index (κ2) is 11.9. The average Bonchev–Trinajstić information content (AvgIpc) is 2.80. The van der Waals surface area contributed by atoms with Gasteiger partial charge in [0.25, 0.3) is 0 Å². The van der Waals surface area contributed by atoms with Crippen LogP contribution in [-0.4, -0.2) is 0 Å². The molecule has 0 heterocycles. The van der Waals surface area contributed by atoms with E-state index in [9.17, 15) is 5.26 Å². The predicted octanol–water partition coefficient (Wildman–Crippen LogP) is 9.29. The smallest absolute Gasteiger partial charge is 0.0689 e. The Morgan fingerprint density at radius 3 is 1.83 bits per heavy atom. The van der Waals surface area contributed by atoms with E-state index >= 15 is 0 Å². The topological polar surface area (TPSA) is 23.8 Å². The summed E-state index contributed by atoms with van der Waals surface area (Å²) in [5.74, 6) is 2.45. The van der Waals surface area contributed by atoms with E-state index in [2.05, 4.69) is 44.2 Å². The summed E-state index contributed by atoms with van der Waals surface area (Å²) in [4.78, 5) is 0. The van der Waals surface area contributed by atoms with Gasteiger partial charge in [-0.05, 0) is 86.7 Å². The van der Waals surface area contributed by atoms with Gasteiger partial charge in [0.05, 0.1) is 11.5 Å². The largest absolute Gasteiger partial charge is 0.198 e. The molecule has 0 radical (unpaired) electrons. The van der Waals surface area contributed by atoms with Crippen molar-refractivity contribution in [1.29, 1.82) is 5.26 Å². The van der Waals surface area contributed by atoms with E-state index in [0.717, 1.165) is 31.1 Å². The van der Waals surface area contributed by atoms with Crippen LogP contribution < -0.4 is 0 Å². The van der Waals surface area contributed by atoms with Crippen LogP contribution in [-0.2, 0) is 0 Å². The molecule has 0 unspecified atom stereocenters. The van der Waals surface area contributed by atoms with Crippen LogP contribution in [0.1, 0.15) is 140 Å². The van der Waals surface area contributed by atoms with Crippen LogP contribution in [0.4, 0.5) is 0 Å². The Kier molecular flexibility index (Phi) is 9.29. The Morgan fingerprint density at radius 1 is 0.767 bits per heavy atom. The van der Waals surface area contributed by atoms with Gasteiger partial charge in [-0.15, -0.1) is 0 Å². The van der Waals surface area contributed by atoms with Gasteiger partial charge in [0.2, 0.25) is 0 Å². The summed E-state index contributed by atoms with van der Waals surface area (Å²) >= 11 is 0. The fourth-order valence-electron chi connectivity index (χ4n) is 6.14. The maximum atomic E-state index is 9.81. The third-order valence-corrected chi connectivity index (χ3v) is 8.38. The molecule has 2 saturated carbocycles. The van der Waals surface area contributed by atoms with Gasteiger partial charge in [-0.25, -0.2) is 0 Å². The quantitative estimate of drug-likeness (QED) is 0.354. The lowest BCUT2D eigenvalue weighted by molar-refractivity contribution is 0.223. The molecule has 2 fully saturated rings. The number of hydrogen-bond acceptors (Lipinski definition) is 1. The first-order valence-corrected chi connectivity index (χ1v) is 13.2. The molecule has 3 rings (SSSR count). The molecule has 0 aromatic heterocycles. The van der Waals surface area contributed by atoms with E-state index < -0.39 is 0 Å². The lowest BCUT2D eigenvalue weighted by Gasteiger charge is -2.35. The molecule has 0 bridgehead atoms. The van der Waals surface area contributed by atoms with Gasteiger partial charge >= 0.3 is 0 Å². The first-order chi connectivity index (χ1) is 14.7. The summed E-state index contributed by atoms with van der Waals surface area (Å²) in [6.07, 6.45) is 20.8. The molecule has 1 heteroatoms. The standard InChI is InChI=1S/C29H45N/c1-3-5-7-9-24-10-12-25(13-11-24)26-14-16-27(17-15-26)28-18-21-29(23-30,22-19-28)20-8-6-4-2/h14-17,24-25,28H,3-13,18-22H2,1-2H3/t24-,25-,28-,29-. The maximum Gasteiger partial charge on any atom is 0.0689 e. The highest BCUT2D eigenvalue weighted by Crippen LogP contribution is 2.46. The van der Waals surface area contributed by atoms with Crippen LogP contribution in [0.3, 0.4) is 0 Å². The van der Waals surface area contributed by atoms with Crippen molar-refractivity contribution in [2.24, 2.45) is 11.3 Å². The minimum Gasteiger partial charge on any atom is -0.198 e. The van der Waals surface area contributed by atoms with E-state index in [1.165, 1.54) is 89.0 Å². The molecule has 1 nitrogen and oxygen atoms in total. The zero-order chi connectivity index (χ0) is 21.2. The van der Waals surface area contributed by atoms with Crippen LogP contribution in [0.15, 0.2) is 24.3 Å². The van der Waals surface area contributed by atoms with Crippen LogP contribution >= 0.6 is 0 Å². The number of benzene rings is 1. The molecule has 0 spiro atoms. The Balaban J connectivity index is 1.47. The molecular weight excluding hydrogens is 362 g/mol. The fraction of sp³-hybridized carbons (Fsp3) is 0.759. The Bertz CT molecular complexity index is 636. The molecule has 0 atom stereocenters.